The lowest BCUT2D eigenvalue weighted by atomic mass is 9.79. The van der Waals surface area contributed by atoms with Crippen LogP contribution < -0.4 is 5.32 Å². The van der Waals surface area contributed by atoms with Crippen LogP contribution in [0.2, 0.25) is 0 Å². The number of rotatable bonds is 7. The summed E-state index contributed by atoms with van der Waals surface area (Å²) >= 11 is 0. The first kappa shape index (κ1) is 25.3. The number of aliphatic hydroxyl groups is 1. The zero-order valence-electron chi connectivity index (χ0n) is 19.4. The monoisotopic (exact) mass is 489 g/mol. The van der Waals surface area contributed by atoms with Crippen molar-refractivity contribution in [2.45, 2.75) is 56.3 Å². The second-order valence-electron chi connectivity index (χ2n) is 9.63. The van der Waals surface area contributed by atoms with Gasteiger partial charge in [-0.1, -0.05) is 12.1 Å². The molecule has 188 valence electrons. The number of carbonyl (C=O) groups is 2. The number of amides is 1. The Morgan fingerprint density at radius 2 is 1.89 bits per heavy atom. The van der Waals surface area contributed by atoms with Crippen molar-refractivity contribution < 1.29 is 27.9 Å². The maximum absolute atomic E-state index is 12.8. The van der Waals surface area contributed by atoms with Crippen LogP contribution in [0.3, 0.4) is 0 Å². The number of ketones is 1. The number of aromatic nitrogens is 1. The molecule has 0 unspecified atom stereocenters. The van der Waals surface area contributed by atoms with E-state index in [4.69, 9.17) is 0 Å². The van der Waals surface area contributed by atoms with Crippen molar-refractivity contribution in [1.29, 1.82) is 0 Å². The zero-order valence-corrected chi connectivity index (χ0v) is 19.4. The minimum absolute atomic E-state index is 0.123. The normalized spacial score (nSPS) is 25.4. The summed E-state index contributed by atoms with van der Waals surface area (Å²) in [5.41, 5.74) is -1.19. The smallest absolute Gasteiger partial charge is 0.384 e. The molecule has 2 N–H and O–H groups in total. The van der Waals surface area contributed by atoms with Crippen molar-refractivity contribution in [2.75, 3.05) is 19.6 Å². The van der Waals surface area contributed by atoms with E-state index in [1.54, 1.807) is 6.20 Å². The molecule has 2 aromatic rings. The number of alkyl halides is 3. The number of nitrogens with one attached hydrogen (secondary N) is 1. The van der Waals surface area contributed by atoms with Gasteiger partial charge in [-0.3, -0.25) is 14.6 Å². The van der Waals surface area contributed by atoms with Gasteiger partial charge in [0.25, 0.3) is 5.91 Å². The Labute approximate surface area is 202 Å². The number of benzene rings is 1. The number of likely N-dealkylation sites (tertiary alicyclic amines) is 1. The molecular formula is C26H30F3N3O3. The quantitative estimate of drug-likeness (QED) is 0.616. The van der Waals surface area contributed by atoms with E-state index in [0.717, 1.165) is 50.2 Å². The number of Topliss-reactive ketones (excluding diaryl/α,β-unsaturated/α-hetero) is 1. The predicted octanol–water partition coefficient (Wildman–Crippen LogP) is 3.94. The van der Waals surface area contributed by atoms with Gasteiger partial charge >= 0.3 is 6.18 Å². The Hall–Kier alpha value is -2.78. The molecule has 0 spiro atoms. The second kappa shape index (κ2) is 10.5. The molecule has 2 heterocycles. The number of pyridine rings is 1. The van der Waals surface area contributed by atoms with Gasteiger partial charge in [-0.2, -0.15) is 13.2 Å². The number of nitrogens with zero attached hydrogens (tertiary/aromatic N) is 2. The summed E-state index contributed by atoms with van der Waals surface area (Å²) in [4.78, 5) is 31.4. The van der Waals surface area contributed by atoms with E-state index in [2.05, 4.69) is 15.2 Å². The fraction of sp³-hybridized carbons (Fsp3) is 0.500. The summed E-state index contributed by atoms with van der Waals surface area (Å²) < 4.78 is 38.5. The van der Waals surface area contributed by atoms with Crippen LogP contribution in [0.1, 0.15) is 60.1 Å². The number of halogens is 3. The van der Waals surface area contributed by atoms with Crippen LogP contribution in [0.15, 0.2) is 48.7 Å². The van der Waals surface area contributed by atoms with E-state index in [9.17, 15) is 27.9 Å². The fourth-order valence-electron chi connectivity index (χ4n) is 5.21. The van der Waals surface area contributed by atoms with Crippen molar-refractivity contribution >= 4 is 11.7 Å². The van der Waals surface area contributed by atoms with Crippen molar-refractivity contribution in [2.24, 2.45) is 5.92 Å². The van der Waals surface area contributed by atoms with Crippen LogP contribution in [0.25, 0.3) is 0 Å². The third-order valence-electron chi connectivity index (χ3n) is 7.17. The predicted molar refractivity (Wildman–Crippen MR) is 123 cm³/mol. The number of hydrogen-bond acceptors (Lipinski definition) is 5. The number of carbonyl (C=O) groups excluding carboxylic acids is 2. The molecule has 4 rings (SSSR count). The molecule has 0 radical (unpaired) electrons. The van der Waals surface area contributed by atoms with Crippen LogP contribution >= 0.6 is 0 Å². The molecule has 1 aliphatic carbocycles. The molecule has 1 amide bonds. The molecular weight excluding hydrogens is 459 g/mol. The van der Waals surface area contributed by atoms with Crippen LogP contribution in [0.4, 0.5) is 13.2 Å². The minimum atomic E-state index is -4.53. The van der Waals surface area contributed by atoms with Gasteiger partial charge in [-0.15, -0.1) is 0 Å². The van der Waals surface area contributed by atoms with Crippen molar-refractivity contribution in [1.82, 2.24) is 15.2 Å². The lowest BCUT2D eigenvalue weighted by Gasteiger charge is -2.39. The van der Waals surface area contributed by atoms with Gasteiger partial charge in [-0.05, 0) is 74.9 Å². The van der Waals surface area contributed by atoms with Gasteiger partial charge in [0.2, 0.25) is 0 Å². The van der Waals surface area contributed by atoms with E-state index in [-0.39, 0.29) is 23.8 Å². The Bertz CT molecular complexity index is 1040. The highest BCUT2D eigenvalue weighted by Gasteiger charge is 2.39. The molecule has 2 aliphatic rings. The van der Waals surface area contributed by atoms with E-state index in [1.807, 2.05) is 18.2 Å². The second-order valence-corrected chi connectivity index (χ2v) is 9.63. The molecule has 0 bridgehead atoms. The number of hydrogen-bond donors (Lipinski definition) is 2. The van der Waals surface area contributed by atoms with Crippen LogP contribution in [-0.4, -0.2) is 52.4 Å². The molecule has 35 heavy (non-hydrogen) atoms. The van der Waals surface area contributed by atoms with Crippen LogP contribution in [0.5, 0.6) is 0 Å². The molecule has 1 saturated carbocycles. The maximum atomic E-state index is 12.8. The van der Waals surface area contributed by atoms with E-state index >= 15 is 0 Å². The molecule has 1 aromatic heterocycles. The van der Waals surface area contributed by atoms with Gasteiger partial charge in [0, 0.05) is 30.8 Å². The van der Waals surface area contributed by atoms with E-state index < -0.39 is 23.2 Å². The summed E-state index contributed by atoms with van der Waals surface area (Å²) in [5, 5.41) is 13.4. The SMILES string of the molecule is O=C(CNC(=O)c1cccc(C(F)(F)F)c1)C[C@@H]1CCN(C2CCC(O)(c3ccccn3)CC2)C1. The molecule has 1 saturated heterocycles. The van der Waals surface area contributed by atoms with Crippen molar-refractivity contribution in [3.63, 3.8) is 0 Å². The summed E-state index contributed by atoms with van der Waals surface area (Å²) in [6.45, 7) is 1.48. The third-order valence-corrected chi connectivity index (χ3v) is 7.17. The van der Waals surface area contributed by atoms with Gasteiger partial charge in [0.1, 0.15) is 5.60 Å². The van der Waals surface area contributed by atoms with Crippen molar-refractivity contribution in [3.05, 3.63) is 65.5 Å². The average Bonchev–Trinajstić information content (AvgIpc) is 3.31. The van der Waals surface area contributed by atoms with Crippen LogP contribution in [-0.2, 0) is 16.6 Å². The van der Waals surface area contributed by atoms with Crippen LogP contribution in [0, 0.1) is 5.92 Å². The molecule has 9 heteroatoms. The largest absolute Gasteiger partial charge is 0.416 e. The first-order valence-electron chi connectivity index (χ1n) is 12.0. The molecule has 2 fully saturated rings. The standard InChI is InChI=1S/C26H30F3N3O3/c27-26(28,29)20-5-3-4-19(15-20)24(34)31-16-22(33)14-18-9-13-32(17-18)21-7-10-25(35,11-8-21)23-6-1-2-12-30-23/h1-6,12,15,18,21,35H,7-11,13-14,16-17H2,(H,31,34)/t18-,21?,25?/m0/s1. The topological polar surface area (TPSA) is 82.5 Å². The zero-order chi connectivity index (χ0) is 25.1. The van der Waals surface area contributed by atoms with E-state index in [0.29, 0.717) is 25.3 Å². The van der Waals surface area contributed by atoms with Gasteiger partial charge in [-0.25, -0.2) is 0 Å². The highest BCUT2D eigenvalue weighted by atomic mass is 19.4. The molecule has 1 atom stereocenters. The molecule has 1 aliphatic heterocycles. The maximum Gasteiger partial charge on any atom is 0.416 e. The first-order chi connectivity index (χ1) is 16.6. The highest BCUT2D eigenvalue weighted by Crippen LogP contribution is 2.39. The average molecular weight is 490 g/mol. The fourth-order valence-corrected chi connectivity index (χ4v) is 5.21. The lowest BCUT2D eigenvalue weighted by Crippen LogP contribution is -2.42. The summed E-state index contributed by atoms with van der Waals surface area (Å²) in [7, 11) is 0. The first-order valence-corrected chi connectivity index (χ1v) is 12.0. The van der Waals surface area contributed by atoms with Gasteiger partial charge in [0.15, 0.2) is 5.78 Å². The summed E-state index contributed by atoms with van der Waals surface area (Å²) in [5.74, 6) is -0.644. The highest BCUT2D eigenvalue weighted by molar-refractivity contribution is 5.96. The third kappa shape index (κ3) is 6.27. The van der Waals surface area contributed by atoms with Gasteiger partial charge in [0.05, 0.1) is 17.8 Å². The Kier molecular flexibility index (Phi) is 7.56. The van der Waals surface area contributed by atoms with Crippen molar-refractivity contribution in [3.8, 4) is 0 Å². The Morgan fingerprint density at radius 1 is 1.11 bits per heavy atom. The summed E-state index contributed by atoms with van der Waals surface area (Å²) in [6, 6.07) is 10.1. The summed E-state index contributed by atoms with van der Waals surface area (Å²) in [6.07, 6.45) is 1.39. The van der Waals surface area contributed by atoms with Gasteiger partial charge < -0.3 is 15.3 Å². The Balaban J connectivity index is 1.21. The molecule has 1 aromatic carbocycles. The minimum Gasteiger partial charge on any atom is -0.384 e. The lowest BCUT2D eigenvalue weighted by molar-refractivity contribution is -0.137. The van der Waals surface area contributed by atoms with E-state index in [1.165, 1.54) is 12.1 Å². The molecule has 6 nitrogen and oxygen atoms in total. The Morgan fingerprint density at radius 3 is 2.57 bits per heavy atom.